The molecule has 0 saturated carbocycles. The summed E-state index contributed by atoms with van der Waals surface area (Å²) >= 11 is 0. The summed E-state index contributed by atoms with van der Waals surface area (Å²) in [7, 11) is 0. The summed E-state index contributed by atoms with van der Waals surface area (Å²) in [6, 6.07) is 126. The maximum atomic E-state index is 9.26. The number of rotatable bonds is 12. The molecule has 0 radical (unpaired) electrons. The first-order valence-corrected chi connectivity index (χ1v) is 45.9. The van der Waals surface area contributed by atoms with Crippen LogP contribution in [0.25, 0.3) is 50.6 Å². The van der Waals surface area contributed by atoms with Gasteiger partial charge in [0.25, 0.3) is 0 Å². The molecule has 22 rings (SSSR count). The van der Waals surface area contributed by atoms with Crippen LogP contribution < -0.4 is 0 Å². The monoisotopic (exact) mass is 2570 g/mol. The maximum absolute atomic E-state index is 9.26. The Morgan fingerprint density at radius 1 is 0.331 bits per heavy atom. The summed E-state index contributed by atoms with van der Waals surface area (Å²) < 4.78 is 6.33. The summed E-state index contributed by atoms with van der Waals surface area (Å²) in [5.41, 5.74) is 20.0. The van der Waals surface area contributed by atoms with Crippen molar-refractivity contribution in [3.8, 4) is 51.9 Å². The van der Waals surface area contributed by atoms with E-state index in [4.69, 9.17) is 46.7 Å². The smallest absolute Gasteiger partial charge is 0.506 e. The molecule has 0 amide bonds. The van der Waals surface area contributed by atoms with Crippen molar-refractivity contribution in [1.29, 1.82) is 5.26 Å². The van der Waals surface area contributed by atoms with Crippen LogP contribution in [0.4, 0.5) is 5.82 Å². The van der Waals surface area contributed by atoms with Crippen LogP contribution >= 0.6 is 0 Å². The summed E-state index contributed by atoms with van der Waals surface area (Å²) in [4.78, 5) is 42.7. The fourth-order valence-corrected chi connectivity index (χ4v) is 17.7. The van der Waals surface area contributed by atoms with Gasteiger partial charge < -0.3 is 38.5 Å². The molecular formula is C118H98N20Pt4. The third-order valence-corrected chi connectivity index (χ3v) is 25.8. The predicted octanol–water partition coefficient (Wildman–Crippen LogP) is 22.5. The minimum atomic E-state index is -0.935. The van der Waals surface area contributed by atoms with Gasteiger partial charge in [-0.2, -0.15) is 133 Å². The van der Waals surface area contributed by atoms with Crippen molar-refractivity contribution >= 4 is 5.82 Å². The van der Waals surface area contributed by atoms with Crippen molar-refractivity contribution in [3.05, 3.63) is 533 Å². The molecule has 14 heterocycles. The first kappa shape index (κ1) is 102. The van der Waals surface area contributed by atoms with Gasteiger partial charge in [-0.15, -0.1) is 40.5 Å². The van der Waals surface area contributed by atoms with E-state index in [2.05, 4.69) is 325 Å². The Kier molecular flexibility index (Phi) is 31.7. The van der Waals surface area contributed by atoms with Crippen molar-refractivity contribution in [2.75, 3.05) is 0 Å². The number of nitriles is 1. The van der Waals surface area contributed by atoms with Crippen molar-refractivity contribution in [2.24, 2.45) is 0 Å². The zero-order valence-corrected chi connectivity index (χ0v) is 88.8. The van der Waals surface area contributed by atoms with Crippen LogP contribution in [-0.4, -0.2) is 88.6 Å². The van der Waals surface area contributed by atoms with Gasteiger partial charge in [0.1, 0.15) is 5.41 Å². The van der Waals surface area contributed by atoms with Crippen LogP contribution in [0.2, 0.25) is 0 Å². The standard InChI is InChI=1S/C34H36N2.C31H18N8.C31H24N6.C22H20N4.4Pt/c1-31(2)23-13-9-15-25(21-23)32(3,4)27-17-11-19-29(35-27)34(7,8)30-20-12-18-28(36-30)33(5,6)26-16-10-14-24(31)22-26;1-33-28-19-21-39(37-28)30-17-9-15-27(35-30)31(23-10-4-2-5-11-23,24-12-6-3-7-13-24)26-14-8-16-29(34-26)38-20-18-25(22-32)36-38;1-31(2,27-15-9-17-29(32-27)36-21-19-25(34-36)23-11-5-3-6-12-23)28-16-10-18-30(33-28)37-22-20-26(35-37)24-13-7-4-8-14-24;1-3-19-11-20(4-1)14-24-8-10-26(18-24)16-22-6-2-5-21(12-22)15-25-9-7-23(13-19)17-25;;;;/h9-20H,1-8H3;2-19H;3-20H,1-2H3;1-10,17-18H,13-16H2;;;;/q3*-2;-4;3*+2;+4. The van der Waals surface area contributed by atoms with Crippen LogP contribution in [0.5, 0.6) is 0 Å². The van der Waals surface area contributed by atoms with Crippen LogP contribution in [0.3, 0.4) is 0 Å². The Balaban J connectivity index is 0.000000143. The van der Waals surface area contributed by atoms with Gasteiger partial charge in [0.15, 0.2) is 0 Å². The Bertz CT molecular complexity index is 6860. The molecule has 0 fully saturated rings. The molecule has 24 heteroatoms. The Morgan fingerprint density at radius 2 is 0.641 bits per heavy atom. The quantitative estimate of drug-likeness (QED) is 0.105. The average Bonchev–Trinajstić information content (AvgIpc) is 1.17. The van der Waals surface area contributed by atoms with E-state index < -0.39 is 10.8 Å². The molecular weight excluding hydrogens is 2480 g/mol. The van der Waals surface area contributed by atoms with E-state index in [1.54, 1.807) is 9.36 Å². The number of benzene rings is 8. The van der Waals surface area contributed by atoms with Gasteiger partial charge in [0, 0.05) is 55.8 Å². The fourth-order valence-electron chi connectivity index (χ4n) is 17.7. The van der Waals surface area contributed by atoms with Crippen molar-refractivity contribution in [3.63, 3.8) is 0 Å². The molecule has 142 heavy (non-hydrogen) atoms. The van der Waals surface area contributed by atoms with Crippen molar-refractivity contribution in [1.82, 2.24) is 88.6 Å². The first-order chi connectivity index (χ1) is 66.9. The molecule has 16 bridgehead atoms. The summed E-state index contributed by atoms with van der Waals surface area (Å²) in [6.07, 6.45) is 20.8. The zero-order chi connectivity index (χ0) is 95.2. The van der Waals surface area contributed by atoms with E-state index >= 15 is 0 Å². The molecule has 18 aromatic rings. The van der Waals surface area contributed by atoms with Crippen LogP contribution in [0.1, 0.15) is 176 Å². The van der Waals surface area contributed by atoms with E-state index in [1.165, 1.54) is 43.8 Å². The van der Waals surface area contributed by atoms with Gasteiger partial charge in [-0.05, 0) is 172 Å². The largest absolute Gasteiger partial charge is 4.00 e. The maximum Gasteiger partial charge on any atom is 4.00 e. The van der Waals surface area contributed by atoms with E-state index in [9.17, 15) is 5.26 Å². The van der Waals surface area contributed by atoms with E-state index in [0.717, 1.165) is 116 Å². The minimum Gasteiger partial charge on any atom is -0.506 e. The molecule has 8 aromatic carbocycles. The van der Waals surface area contributed by atoms with Gasteiger partial charge in [0.2, 0.25) is 0 Å². The average molecular weight is 2580 g/mol. The number of fused-ring (bicyclic) bond motifs is 16. The van der Waals surface area contributed by atoms with Crippen LogP contribution in [0.15, 0.2) is 352 Å². The number of pyridine rings is 6. The summed E-state index contributed by atoms with van der Waals surface area (Å²) in [6.45, 7) is 37.1. The number of hydrogen-bond donors (Lipinski definition) is 0. The zero-order valence-electron chi connectivity index (χ0n) is 79.7. The molecule has 4 aliphatic heterocycles. The fraction of sp³-hybridized carbons (Fsp3) is 0.169. The van der Waals surface area contributed by atoms with Crippen LogP contribution in [0, 0.1) is 80.3 Å². The van der Waals surface area contributed by atoms with Gasteiger partial charge in [-0.3, -0.25) is 40.1 Å². The second-order valence-electron chi connectivity index (χ2n) is 37.0. The SMILES string of the molecule is CC(C)(c1cccc(-n2[c-]cc(-c3ccccc3)n2)n1)c1cccc(-n2[c-]cc(-c3ccccc3)n2)n1.CC1(C)c2[c-]c(ccc2)C(C)(C)c2cccc(n2)C(C)(C)c2cccc(n2)C(C)(C)c2[c-]c1ccc2.[C-]#[N+]c1c[c-]n(-c2cccc(C(c3ccccc3)(c3ccccc3)c3cccc(-n4[c-]cc(C#N)n4)n3)n2)n1.[Pt+2].[Pt+2].[Pt+2].[Pt+4].[c-]1c2cccc1CN1C=CN([CH-]1)Cc1[c-]c(ccc1)CN1C=CN([CH-]1)C2. The minimum absolute atomic E-state index is 0. The second kappa shape index (κ2) is 44.0. The number of nitrogens with zero attached hydrogens (tertiary/aromatic N) is 20. The van der Waals surface area contributed by atoms with E-state index in [-0.39, 0.29) is 117 Å². The van der Waals surface area contributed by atoms with Gasteiger partial charge in [0.05, 0.1) is 46.4 Å². The van der Waals surface area contributed by atoms with Gasteiger partial charge in [-0.1, -0.05) is 260 Å². The topological polar surface area (TPSA) is 190 Å². The second-order valence-corrected chi connectivity index (χ2v) is 37.0. The summed E-state index contributed by atoms with van der Waals surface area (Å²) in [5.74, 6) is 2.69. The van der Waals surface area contributed by atoms with Gasteiger partial charge in [-0.25, -0.2) is 15.0 Å². The van der Waals surface area contributed by atoms with E-state index in [0.29, 0.717) is 34.7 Å². The normalized spacial score (nSPS) is 14.3. The van der Waals surface area contributed by atoms with E-state index in [1.807, 2.05) is 188 Å². The first-order valence-electron chi connectivity index (χ1n) is 45.9. The summed E-state index contributed by atoms with van der Waals surface area (Å²) in [5, 5.41) is 27.2. The molecule has 20 nitrogen and oxygen atoms in total. The molecule has 10 aromatic heterocycles. The molecule has 0 N–H and O–H groups in total. The van der Waals surface area contributed by atoms with Crippen molar-refractivity contribution in [2.45, 2.75) is 128 Å². The molecule has 0 unspecified atom stereocenters. The molecule has 0 spiro atoms. The Labute approximate surface area is 889 Å². The molecule has 0 atom stereocenters. The molecule has 0 saturated heterocycles. The molecule has 4 aliphatic rings. The third-order valence-electron chi connectivity index (χ3n) is 25.8. The number of aromatic nitrogens is 14. The Morgan fingerprint density at radius 3 is 1.01 bits per heavy atom. The predicted molar refractivity (Wildman–Crippen MR) is 534 cm³/mol. The number of hydrogen-bond acceptors (Lipinski definition) is 15. The Hall–Kier alpha value is -14.1. The third kappa shape index (κ3) is 21.8. The molecule has 0 aliphatic carbocycles. The molecule has 710 valence electrons. The van der Waals surface area contributed by atoms with Crippen LogP contribution in [-0.2, 0) is 143 Å². The van der Waals surface area contributed by atoms with Crippen molar-refractivity contribution < 1.29 is 84.3 Å². The van der Waals surface area contributed by atoms with Gasteiger partial charge >= 0.3 is 90.1 Å².